The van der Waals surface area contributed by atoms with Crippen molar-refractivity contribution in [2.24, 2.45) is 5.92 Å². The Morgan fingerprint density at radius 2 is 1.80 bits per heavy atom. The maximum absolute atomic E-state index is 12.8. The van der Waals surface area contributed by atoms with E-state index in [-0.39, 0.29) is 17.9 Å². The molecular weight excluding hydrogens is 318 g/mol. The van der Waals surface area contributed by atoms with E-state index in [0.717, 1.165) is 63.5 Å². The first kappa shape index (κ1) is 18.3. The molecule has 0 saturated carbocycles. The molecule has 2 fully saturated rings. The van der Waals surface area contributed by atoms with E-state index < -0.39 is 0 Å². The summed E-state index contributed by atoms with van der Waals surface area (Å²) in [5.41, 5.74) is 0. The van der Waals surface area contributed by atoms with Gasteiger partial charge in [0.2, 0.25) is 5.91 Å². The van der Waals surface area contributed by atoms with Crippen LogP contribution in [0.25, 0.3) is 0 Å². The molecule has 0 bridgehead atoms. The van der Waals surface area contributed by atoms with Crippen LogP contribution < -0.4 is 0 Å². The van der Waals surface area contributed by atoms with E-state index in [1.54, 1.807) is 0 Å². The first-order valence-electron chi connectivity index (χ1n) is 9.53. The van der Waals surface area contributed by atoms with Crippen molar-refractivity contribution < 1.29 is 9.90 Å². The Bertz CT molecular complexity index is 586. The van der Waals surface area contributed by atoms with E-state index in [4.69, 9.17) is 0 Å². The molecule has 1 amide bonds. The van der Waals surface area contributed by atoms with E-state index in [1.807, 2.05) is 30.4 Å². The van der Waals surface area contributed by atoms with Gasteiger partial charge in [-0.3, -0.25) is 4.79 Å². The van der Waals surface area contributed by atoms with Crippen molar-refractivity contribution in [3.63, 3.8) is 0 Å². The molecule has 140 valence electrons. The SMILES string of the molecule is Cc1nc(C)n(C[C@@H](C)C(=O)N2CCC(N3CCC(O)CC3)CC2)n1. The minimum atomic E-state index is -0.123. The van der Waals surface area contributed by atoms with Crippen LogP contribution >= 0.6 is 0 Å². The fourth-order valence-corrected chi connectivity index (χ4v) is 4.09. The Labute approximate surface area is 150 Å². The highest BCUT2D eigenvalue weighted by atomic mass is 16.3. The Morgan fingerprint density at radius 1 is 1.16 bits per heavy atom. The first-order chi connectivity index (χ1) is 11.9. The molecule has 0 aromatic carbocycles. The molecule has 7 heteroatoms. The zero-order valence-electron chi connectivity index (χ0n) is 15.7. The molecule has 25 heavy (non-hydrogen) atoms. The molecule has 2 aliphatic rings. The van der Waals surface area contributed by atoms with E-state index in [0.29, 0.717) is 12.6 Å². The third-order valence-electron chi connectivity index (χ3n) is 5.62. The molecule has 2 aliphatic heterocycles. The van der Waals surface area contributed by atoms with Crippen LogP contribution in [-0.2, 0) is 11.3 Å². The maximum atomic E-state index is 12.8. The number of nitrogens with zero attached hydrogens (tertiary/aromatic N) is 5. The minimum absolute atomic E-state index is 0.0820. The molecule has 0 spiro atoms. The molecule has 2 saturated heterocycles. The number of carbonyl (C=O) groups is 1. The van der Waals surface area contributed by atoms with E-state index >= 15 is 0 Å². The molecule has 3 rings (SSSR count). The highest BCUT2D eigenvalue weighted by Gasteiger charge is 2.30. The van der Waals surface area contributed by atoms with Crippen molar-refractivity contribution in [2.75, 3.05) is 26.2 Å². The van der Waals surface area contributed by atoms with Gasteiger partial charge in [0.15, 0.2) is 0 Å². The number of rotatable bonds is 4. The zero-order chi connectivity index (χ0) is 18.0. The quantitative estimate of drug-likeness (QED) is 0.877. The number of carbonyl (C=O) groups excluding carboxylic acids is 1. The molecule has 0 radical (unpaired) electrons. The molecule has 3 heterocycles. The Kier molecular flexibility index (Phi) is 5.74. The lowest BCUT2D eigenvalue weighted by Gasteiger charge is -2.41. The largest absolute Gasteiger partial charge is 0.393 e. The molecule has 0 aliphatic carbocycles. The monoisotopic (exact) mass is 349 g/mol. The van der Waals surface area contributed by atoms with Crippen LogP contribution in [-0.4, -0.2) is 73.9 Å². The minimum Gasteiger partial charge on any atom is -0.393 e. The van der Waals surface area contributed by atoms with Gasteiger partial charge < -0.3 is 14.9 Å². The van der Waals surface area contributed by atoms with E-state index in [2.05, 4.69) is 15.0 Å². The summed E-state index contributed by atoms with van der Waals surface area (Å²) in [5, 5.41) is 14.0. The summed E-state index contributed by atoms with van der Waals surface area (Å²) in [7, 11) is 0. The van der Waals surface area contributed by atoms with Crippen molar-refractivity contribution in [3.8, 4) is 0 Å². The van der Waals surface area contributed by atoms with Crippen LogP contribution in [0.15, 0.2) is 0 Å². The van der Waals surface area contributed by atoms with Crippen LogP contribution in [0.4, 0.5) is 0 Å². The third kappa shape index (κ3) is 4.39. The fraction of sp³-hybridized carbons (Fsp3) is 0.833. The van der Waals surface area contributed by atoms with Crippen molar-refractivity contribution in [1.29, 1.82) is 0 Å². The second-order valence-electron chi connectivity index (χ2n) is 7.61. The van der Waals surface area contributed by atoms with Gasteiger partial charge in [0, 0.05) is 32.2 Å². The van der Waals surface area contributed by atoms with Crippen molar-refractivity contribution >= 4 is 5.91 Å². The average molecular weight is 349 g/mol. The number of aromatic nitrogens is 3. The lowest BCUT2D eigenvalue weighted by molar-refractivity contribution is -0.137. The number of likely N-dealkylation sites (tertiary alicyclic amines) is 2. The van der Waals surface area contributed by atoms with Gasteiger partial charge in [0.1, 0.15) is 11.6 Å². The molecule has 1 N–H and O–H groups in total. The smallest absolute Gasteiger partial charge is 0.227 e. The van der Waals surface area contributed by atoms with Crippen LogP contribution in [0.5, 0.6) is 0 Å². The van der Waals surface area contributed by atoms with E-state index in [9.17, 15) is 9.90 Å². The van der Waals surface area contributed by atoms with Gasteiger partial charge in [0.05, 0.1) is 18.6 Å². The summed E-state index contributed by atoms with van der Waals surface area (Å²) in [6, 6.07) is 0.562. The van der Waals surface area contributed by atoms with Crippen LogP contribution in [0, 0.1) is 19.8 Å². The standard InChI is InChI=1S/C18H31N5O2/c1-13(12-23-15(3)19-14(2)20-23)18(25)22-8-4-16(5-9-22)21-10-6-17(24)7-11-21/h13,16-17,24H,4-12H2,1-3H3/t13-/m1/s1. The van der Waals surface area contributed by atoms with Gasteiger partial charge in [-0.05, 0) is 39.5 Å². The highest BCUT2D eigenvalue weighted by Crippen LogP contribution is 2.22. The van der Waals surface area contributed by atoms with Crippen molar-refractivity contribution in [1.82, 2.24) is 24.6 Å². The molecule has 1 aromatic heterocycles. The van der Waals surface area contributed by atoms with Gasteiger partial charge in [-0.1, -0.05) is 6.92 Å². The summed E-state index contributed by atoms with van der Waals surface area (Å²) in [6.07, 6.45) is 3.72. The summed E-state index contributed by atoms with van der Waals surface area (Å²) in [5.74, 6) is 1.76. The number of amides is 1. The third-order valence-corrected chi connectivity index (χ3v) is 5.62. The Balaban J connectivity index is 1.48. The maximum Gasteiger partial charge on any atom is 0.227 e. The number of aliphatic hydroxyl groups excluding tert-OH is 1. The topological polar surface area (TPSA) is 74.5 Å². The van der Waals surface area contributed by atoms with Crippen LogP contribution in [0.2, 0.25) is 0 Å². The average Bonchev–Trinajstić information content (AvgIpc) is 2.92. The zero-order valence-corrected chi connectivity index (χ0v) is 15.7. The molecular formula is C18H31N5O2. The van der Waals surface area contributed by atoms with Gasteiger partial charge in [-0.2, -0.15) is 5.10 Å². The number of hydrogen-bond acceptors (Lipinski definition) is 5. The number of aryl methyl sites for hydroxylation is 2. The number of piperidine rings is 2. The molecule has 7 nitrogen and oxygen atoms in total. The first-order valence-corrected chi connectivity index (χ1v) is 9.53. The number of aliphatic hydroxyl groups is 1. The summed E-state index contributed by atoms with van der Waals surface area (Å²) < 4.78 is 1.84. The van der Waals surface area contributed by atoms with Crippen LogP contribution in [0.1, 0.15) is 44.3 Å². The predicted molar refractivity (Wildman–Crippen MR) is 95.1 cm³/mol. The summed E-state index contributed by atoms with van der Waals surface area (Å²) in [4.78, 5) is 21.6. The number of hydrogen-bond donors (Lipinski definition) is 1. The fourth-order valence-electron chi connectivity index (χ4n) is 4.09. The summed E-state index contributed by atoms with van der Waals surface area (Å²) in [6.45, 7) is 10.0. The molecule has 0 unspecified atom stereocenters. The van der Waals surface area contributed by atoms with Gasteiger partial charge in [-0.25, -0.2) is 9.67 Å². The predicted octanol–water partition coefficient (Wildman–Crippen LogP) is 0.979. The lowest BCUT2D eigenvalue weighted by atomic mass is 9.98. The van der Waals surface area contributed by atoms with Gasteiger partial charge in [-0.15, -0.1) is 0 Å². The Hall–Kier alpha value is -1.47. The second-order valence-corrected chi connectivity index (χ2v) is 7.61. The van der Waals surface area contributed by atoms with Gasteiger partial charge in [0.25, 0.3) is 0 Å². The van der Waals surface area contributed by atoms with E-state index in [1.165, 1.54) is 0 Å². The lowest BCUT2D eigenvalue weighted by Crippen LogP contribution is -2.50. The second kappa shape index (κ2) is 7.83. The van der Waals surface area contributed by atoms with Crippen molar-refractivity contribution in [3.05, 3.63) is 11.6 Å². The Morgan fingerprint density at radius 3 is 2.36 bits per heavy atom. The van der Waals surface area contributed by atoms with Crippen molar-refractivity contribution in [2.45, 2.75) is 65.1 Å². The van der Waals surface area contributed by atoms with Gasteiger partial charge >= 0.3 is 0 Å². The molecule has 1 atom stereocenters. The summed E-state index contributed by atoms with van der Waals surface area (Å²) >= 11 is 0. The van der Waals surface area contributed by atoms with Crippen LogP contribution in [0.3, 0.4) is 0 Å². The molecule has 1 aromatic rings. The normalized spacial score (nSPS) is 22.3. The highest BCUT2D eigenvalue weighted by molar-refractivity contribution is 5.78.